The Bertz CT molecular complexity index is 1020. The molecule has 2 atom stereocenters. The highest BCUT2D eigenvalue weighted by Gasteiger charge is 2.35. The molecular weight excluding hydrogens is 498 g/mol. The molecule has 0 aromatic heterocycles. The number of nitrogens with zero attached hydrogens (tertiary/aromatic N) is 1. The molecule has 36 heavy (non-hydrogen) atoms. The van der Waals surface area contributed by atoms with Crippen molar-refractivity contribution in [2.24, 2.45) is 0 Å². The van der Waals surface area contributed by atoms with Crippen LogP contribution < -0.4 is 10.6 Å². The van der Waals surface area contributed by atoms with Crippen LogP contribution >= 0.6 is 23.4 Å². The Labute approximate surface area is 223 Å². The quantitative estimate of drug-likeness (QED) is 0.401. The van der Waals surface area contributed by atoms with Crippen molar-refractivity contribution < 1.29 is 19.1 Å². The van der Waals surface area contributed by atoms with Gasteiger partial charge in [0.25, 0.3) is 5.91 Å². The lowest BCUT2D eigenvalue weighted by Crippen LogP contribution is -2.52. The number of alkyl carbamates (subject to hydrolysis) is 1. The third-order valence-corrected chi connectivity index (χ3v) is 6.33. The molecule has 0 heterocycles. The van der Waals surface area contributed by atoms with Crippen LogP contribution in [0.5, 0.6) is 0 Å². The summed E-state index contributed by atoms with van der Waals surface area (Å²) in [6, 6.07) is 12.7. The number of anilines is 1. The van der Waals surface area contributed by atoms with Crippen molar-refractivity contribution >= 4 is 47.0 Å². The van der Waals surface area contributed by atoms with E-state index in [2.05, 4.69) is 10.6 Å². The van der Waals surface area contributed by atoms with Crippen LogP contribution in [0.4, 0.5) is 10.5 Å². The fraction of sp³-hybridized carbons (Fsp3) is 0.444. The lowest BCUT2D eigenvalue weighted by molar-refractivity contribution is -0.140. The Morgan fingerprint density at radius 1 is 1.08 bits per heavy atom. The Morgan fingerprint density at radius 3 is 2.31 bits per heavy atom. The molecular formula is C27H36ClN3O4S. The Morgan fingerprint density at radius 2 is 1.75 bits per heavy atom. The number of ether oxygens (including phenoxy) is 1. The van der Waals surface area contributed by atoms with Gasteiger partial charge in [-0.3, -0.25) is 9.59 Å². The van der Waals surface area contributed by atoms with Gasteiger partial charge in [0.05, 0.1) is 10.7 Å². The van der Waals surface area contributed by atoms with Gasteiger partial charge in [-0.15, -0.1) is 0 Å². The standard InChI is InChI=1S/C27H36ClN3O4S/c1-7-31(25(33)21(16-17-36-6)29-26(34)35-27(3,4)5)23(19-13-9-8-10-14-19)24(32)30-22-18(2)12-11-15-20(22)28/h8-15,21,23H,7,16-17H2,1-6H3,(H,29,34)(H,30,32). The molecule has 2 unspecified atom stereocenters. The fourth-order valence-corrected chi connectivity index (χ4v) is 4.44. The Balaban J connectivity index is 2.42. The molecule has 0 saturated heterocycles. The van der Waals surface area contributed by atoms with E-state index in [4.69, 9.17) is 16.3 Å². The smallest absolute Gasteiger partial charge is 0.408 e. The average Bonchev–Trinajstić information content (AvgIpc) is 2.81. The maximum atomic E-state index is 13.8. The monoisotopic (exact) mass is 533 g/mol. The summed E-state index contributed by atoms with van der Waals surface area (Å²) in [6.07, 6.45) is 1.65. The van der Waals surface area contributed by atoms with Gasteiger partial charge in [0, 0.05) is 6.54 Å². The number of likely N-dealkylation sites (N-methyl/N-ethyl adjacent to an activating group) is 1. The molecule has 2 aromatic rings. The molecule has 0 aliphatic rings. The molecule has 2 aromatic carbocycles. The number of rotatable bonds is 10. The molecule has 196 valence electrons. The Kier molecular flexibility index (Phi) is 11.1. The predicted molar refractivity (Wildman–Crippen MR) is 148 cm³/mol. The first-order valence-electron chi connectivity index (χ1n) is 11.9. The summed E-state index contributed by atoms with van der Waals surface area (Å²) in [6.45, 7) is 9.19. The molecule has 0 bridgehead atoms. The number of aryl methyl sites for hydroxylation is 1. The van der Waals surface area contributed by atoms with Crippen LogP contribution in [-0.2, 0) is 14.3 Å². The van der Waals surface area contributed by atoms with Crippen molar-refractivity contribution in [2.75, 3.05) is 23.9 Å². The maximum Gasteiger partial charge on any atom is 0.408 e. The largest absolute Gasteiger partial charge is 0.444 e. The van der Waals surface area contributed by atoms with E-state index in [0.29, 0.717) is 28.4 Å². The van der Waals surface area contributed by atoms with Crippen molar-refractivity contribution in [3.05, 3.63) is 64.7 Å². The van der Waals surface area contributed by atoms with E-state index >= 15 is 0 Å². The average molecular weight is 534 g/mol. The number of amides is 3. The van der Waals surface area contributed by atoms with Gasteiger partial charge in [0.2, 0.25) is 5.91 Å². The highest BCUT2D eigenvalue weighted by molar-refractivity contribution is 7.98. The van der Waals surface area contributed by atoms with Gasteiger partial charge < -0.3 is 20.3 Å². The lowest BCUT2D eigenvalue weighted by Gasteiger charge is -2.34. The third kappa shape index (κ3) is 8.45. The summed E-state index contributed by atoms with van der Waals surface area (Å²) in [7, 11) is 0. The second-order valence-electron chi connectivity index (χ2n) is 9.34. The highest BCUT2D eigenvalue weighted by Crippen LogP contribution is 2.29. The van der Waals surface area contributed by atoms with Gasteiger partial charge in [-0.05, 0) is 70.2 Å². The van der Waals surface area contributed by atoms with E-state index in [0.717, 1.165) is 5.56 Å². The number of thioether (sulfide) groups is 1. The molecule has 7 nitrogen and oxygen atoms in total. The van der Waals surface area contributed by atoms with Crippen LogP contribution in [0.3, 0.4) is 0 Å². The zero-order valence-electron chi connectivity index (χ0n) is 21.8. The highest BCUT2D eigenvalue weighted by atomic mass is 35.5. The number of halogens is 1. The number of nitrogens with one attached hydrogen (secondary N) is 2. The van der Waals surface area contributed by atoms with Crippen LogP contribution in [0.25, 0.3) is 0 Å². The minimum absolute atomic E-state index is 0.249. The van der Waals surface area contributed by atoms with E-state index in [1.807, 2.05) is 43.5 Å². The summed E-state index contributed by atoms with van der Waals surface area (Å²) >= 11 is 7.93. The number of hydrogen-bond acceptors (Lipinski definition) is 5. The van der Waals surface area contributed by atoms with Crippen molar-refractivity contribution in [1.82, 2.24) is 10.2 Å². The summed E-state index contributed by atoms with van der Waals surface area (Å²) in [5, 5.41) is 6.05. The minimum atomic E-state index is -0.934. The number of para-hydroxylation sites is 1. The van der Waals surface area contributed by atoms with Crippen molar-refractivity contribution in [1.29, 1.82) is 0 Å². The van der Waals surface area contributed by atoms with E-state index in [-0.39, 0.29) is 12.5 Å². The van der Waals surface area contributed by atoms with Crippen molar-refractivity contribution in [3.63, 3.8) is 0 Å². The molecule has 0 saturated carbocycles. The van der Waals surface area contributed by atoms with E-state index in [1.54, 1.807) is 57.7 Å². The van der Waals surface area contributed by atoms with Gasteiger partial charge >= 0.3 is 6.09 Å². The van der Waals surface area contributed by atoms with Crippen LogP contribution in [-0.4, -0.2) is 53.0 Å². The zero-order valence-corrected chi connectivity index (χ0v) is 23.3. The van der Waals surface area contributed by atoms with Gasteiger partial charge in [0.1, 0.15) is 17.7 Å². The molecule has 2 rings (SSSR count). The van der Waals surface area contributed by atoms with E-state index < -0.39 is 29.7 Å². The van der Waals surface area contributed by atoms with Crippen molar-refractivity contribution in [3.8, 4) is 0 Å². The third-order valence-electron chi connectivity index (χ3n) is 5.37. The molecule has 0 fully saturated rings. The van der Waals surface area contributed by atoms with Gasteiger partial charge in [-0.2, -0.15) is 11.8 Å². The molecule has 9 heteroatoms. The van der Waals surface area contributed by atoms with Gasteiger partial charge in [-0.1, -0.05) is 54.1 Å². The molecule has 3 amide bonds. The number of benzene rings is 2. The normalized spacial score (nSPS) is 12.9. The van der Waals surface area contributed by atoms with Gasteiger partial charge in [0.15, 0.2) is 0 Å². The predicted octanol–water partition coefficient (Wildman–Crippen LogP) is 5.82. The first-order chi connectivity index (χ1) is 17.0. The summed E-state index contributed by atoms with van der Waals surface area (Å²) < 4.78 is 5.39. The van der Waals surface area contributed by atoms with Crippen LogP contribution in [0.15, 0.2) is 48.5 Å². The molecule has 2 N–H and O–H groups in total. The second-order valence-corrected chi connectivity index (χ2v) is 10.7. The SMILES string of the molecule is CCN(C(=O)C(CCSC)NC(=O)OC(C)(C)C)C(C(=O)Nc1c(C)cccc1Cl)c1ccccc1. The van der Waals surface area contributed by atoms with Crippen molar-refractivity contribution in [2.45, 2.75) is 58.7 Å². The minimum Gasteiger partial charge on any atom is -0.444 e. The van der Waals surface area contributed by atoms with E-state index in [1.165, 1.54) is 4.90 Å². The maximum absolute atomic E-state index is 13.8. The number of carbonyl (C=O) groups excluding carboxylic acids is 3. The number of hydrogen-bond donors (Lipinski definition) is 2. The molecule has 0 radical (unpaired) electrons. The summed E-state index contributed by atoms with van der Waals surface area (Å²) in [5.41, 5.74) is 1.25. The fourth-order valence-electron chi connectivity index (χ4n) is 3.70. The zero-order chi connectivity index (χ0) is 26.9. The Hall–Kier alpha value is -2.71. The number of carbonyl (C=O) groups is 3. The van der Waals surface area contributed by atoms with Gasteiger partial charge in [-0.25, -0.2) is 4.79 Å². The lowest BCUT2D eigenvalue weighted by atomic mass is 10.0. The summed E-state index contributed by atoms with van der Waals surface area (Å²) in [5.74, 6) is -0.115. The molecule has 0 spiro atoms. The first-order valence-corrected chi connectivity index (χ1v) is 13.7. The second kappa shape index (κ2) is 13.6. The summed E-state index contributed by atoms with van der Waals surface area (Å²) in [4.78, 5) is 41.5. The van der Waals surface area contributed by atoms with E-state index in [9.17, 15) is 14.4 Å². The molecule has 0 aliphatic heterocycles. The topological polar surface area (TPSA) is 87.7 Å². The molecule has 0 aliphatic carbocycles. The van der Waals surface area contributed by atoms with Crippen LogP contribution in [0.2, 0.25) is 5.02 Å². The van der Waals surface area contributed by atoms with Crippen LogP contribution in [0.1, 0.15) is 51.3 Å². The van der Waals surface area contributed by atoms with Crippen LogP contribution in [0, 0.1) is 6.92 Å². The first kappa shape index (κ1) is 29.5.